The molecule has 19 heavy (non-hydrogen) atoms. The van der Waals surface area contributed by atoms with Crippen molar-refractivity contribution < 1.29 is 14.4 Å². The first-order chi connectivity index (χ1) is 8.60. The van der Waals surface area contributed by atoms with Gasteiger partial charge in [0.15, 0.2) is 0 Å². The molecule has 1 aliphatic heterocycles. The molecule has 0 amide bonds. The molecule has 0 bridgehead atoms. The first-order valence-electron chi connectivity index (χ1n) is 7.38. The molecule has 2 aliphatic carbocycles. The number of fused-ring (bicyclic) bond motifs is 1. The van der Waals surface area contributed by atoms with Crippen molar-refractivity contribution in [2.24, 2.45) is 11.8 Å². The summed E-state index contributed by atoms with van der Waals surface area (Å²) >= 11 is 0. The van der Waals surface area contributed by atoms with Crippen molar-refractivity contribution in [2.75, 3.05) is 0 Å². The van der Waals surface area contributed by atoms with Crippen LogP contribution in [-0.4, -0.2) is 29.0 Å². The lowest BCUT2D eigenvalue weighted by Gasteiger charge is -2.32. The predicted molar refractivity (Wildman–Crippen MR) is 75.6 cm³/mol. The van der Waals surface area contributed by atoms with E-state index in [1.54, 1.807) is 0 Å². The number of hydrogen-bond donors (Lipinski definition) is 1. The SMILES string of the molecule is CC1(O)CC2C=C(B3OC(C)(C)C(C)(C)O3)CC2C1. The Hall–Kier alpha value is -0.315. The molecular formula is C15H25BO3. The molecule has 106 valence electrons. The summed E-state index contributed by atoms with van der Waals surface area (Å²) in [6.45, 7) is 10.3. The van der Waals surface area contributed by atoms with E-state index in [1.807, 2.05) is 6.92 Å². The highest BCUT2D eigenvalue weighted by Gasteiger charge is 2.54. The maximum Gasteiger partial charge on any atom is 0.490 e. The number of allylic oxidation sites excluding steroid dienone is 2. The summed E-state index contributed by atoms with van der Waals surface area (Å²) in [5.74, 6) is 1.08. The van der Waals surface area contributed by atoms with Gasteiger partial charge < -0.3 is 14.4 Å². The van der Waals surface area contributed by atoms with E-state index in [0.717, 1.165) is 19.3 Å². The molecule has 1 saturated heterocycles. The molecule has 4 heteroatoms. The lowest BCUT2D eigenvalue weighted by Crippen LogP contribution is -2.41. The normalized spacial score (nSPS) is 43.5. The van der Waals surface area contributed by atoms with Crippen LogP contribution in [0.1, 0.15) is 53.9 Å². The maximum absolute atomic E-state index is 10.1. The molecular weight excluding hydrogens is 239 g/mol. The summed E-state index contributed by atoms with van der Waals surface area (Å²) in [4.78, 5) is 0. The summed E-state index contributed by atoms with van der Waals surface area (Å²) in [6, 6.07) is 0. The summed E-state index contributed by atoms with van der Waals surface area (Å²) in [7, 11) is -0.194. The Morgan fingerprint density at radius 1 is 1.11 bits per heavy atom. The van der Waals surface area contributed by atoms with E-state index in [2.05, 4.69) is 33.8 Å². The van der Waals surface area contributed by atoms with Crippen molar-refractivity contribution in [1.82, 2.24) is 0 Å². The molecule has 1 N–H and O–H groups in total. The first kappa shape index (κ1) is 13.7. The minimum atomic E-state index is -0.479. The highest BCUT2D eigenvalue weighted by Crippen LogP contribution is 2.50. The fourth-order valence-electron chi connectivity index (χ4n) is 3.71. The van der Waals surface area contributed by atoms with Crippen LogP contribution >= 0.6 is 0 Å². The van der Waals surface area contributed by atoms with E-state index >= 15 is 0 Å². The third-order valence-electron chi connectivity index (χ3n) is 5.46. The number of rotatable bonds is 1. The lowest BCUT2D eigenvalue weighted by atomic mass is 9.76. The molecule has 3 unspecified atom stereocenters. The van der Waals surface area contributed by atoms with Crippen LogP contribution in [0.3, 0.4) is 0 Å². The second-order valence-electron chi connectivity index (χ2n) is 7.86. The fourth-order valence-corrected chi connectivity index (χ4v) is 3.71. The van der Waals surface area contributed by atoms with Crippen LogP contribution in [0, 0.1) is 11.8 Å². The van der Waals surface area contributed by atoms with Crippen LogP contribution in [0.5, 0.6) is 0 Å². The van der Waals surface area contributed by atoms with Gasteiger partial charge in [-0.15, -0.1) is 0 Å². The van der Waals surface area contributed by atoms with E-state index in [1.165, 1.54) is 5.47 Å². The van der Waals surface area contributed by atoms with Crippen molar-refractivity contribution in [3.05, 3.63) is 11.5 Å². The Morgan fingerprint density at radius 3 is 2.21 bits per heavy atom. The highest BCUT2D eigenvalue weighted by molar-refractivity contribution is 6.54. The Labute approximate surface area is 116 Å². The Kier molecular flexibility index (Phi) is 2.78. The van der Waals surface area contributed by atoms with Gasteiger partial charge in [0.05, 0.1) is 16.8 Å². The monoisotopic (exact) mass is 264 g/mol. The third-order valence-corrected chi connectivity index (χ3v) is 5.46. The molecule has 3 nitrogen and oxygen atoms in total. The van der Waals surface area contributed by atoms with Gasteiger partial charge in [0, 0.05) is 0 Å². The average molecular weight is 264 g/mol. The zero-order valence-corrected chi connectivity index (χ0v) is 12.7. The summed E-state index contributed by atoms with van der Waals surface area (Å²) in [5, 5.41) is 10.1. The highest BCUT2D eigenvalue weighted by atomic mass is 16.7. The zero-order chi connectivity index (χ0) is 14.1. The molecule has 0 radical (unpaired) electrons. The van der Waals surface area contributed by atoms with Gasteiger partial charge in [-0.3, -0.25) is 0 Å². The Morgan fingerprint density at radius 2 is 1.68 bits per heavy atom. The van der Waals surface area contributed by atoms with Gasteiger partial charge in [-0.25, -0.2) is 0 Å². The van der Waals surface area contributed by atoms with Gasteiger partial charge in [-0.2, -0.15) is 0 Å². The van der Waals surface area contributed by atoms with Gasteiger partial charge in [0.25, 0.3) is 0 Å². The lowest BCUT2D eigenvalue weighted by molar-refractivity contribution is 0.00578. The summed E-state index contributed by atoms with van der Waals surface area (Å²) in [5.41, 5.74) is 0.278. The molecule has 0 spiro atoms. The second kappa shape index (κ2) is 3.87. The van der Waals surface area contributed by atoms with Crippen molar-refractivity contribution in [2.45, 2.75) is 70.7 Å². The van der Waals surface area contributed by atoms with Crippen molar-refractivity contribution in [1.29, 1.82) is 0 Å². The molecule has 3 aliphatic rings. The molecule has 0 aromatic carbocycles. The van der Waals surface area contributed by atoms with Crippen LogP contribution in [0.4, 0.5) is 0 Å². The molecule has 0 aromatic rings. The van der Waals surface area contributed by atoms with Crippen LogP contribution < -0.4 is 0 Å². The van der Waals surface area contributed by atoms with Crippen LogP contribution in [-0.2, 0) is 9.31 Å². The van der Waals surface area contributed by atoms with Gasteiger partial charge in [-0.1, -0.05) is 6.08 Å². The van der Waals surface area contributed by atoms with Crippen LogP contribution in [0.15, 0.2) is 11.5 Å². The average Bonchev–Trinajstić information content (AvgIpc) is 2.74. The molecule has 1 saturated carbocycles. The van der Waals surface area contributed by atoms with Gasteiger partial charge in [-0.05, 0) is 71.2 Å². The zero-order valence-electron chi connectivity index (χ0n) is 12.7. The summed E-state index contributed by atoms with van der Waals surface area (Å²) in [6.07, 6.45) is 5.09. The fraction of sp³-hybridized carbons (Fsp3) is 0.867. The van der Waals surface area contributed by atoms with E-state index in [9.17, 15) is 5.11 Å². The molecule has 2 fully saturated rings. The van der Waals surface area contributed by atoms with Crippen LogP contribution in [0.2, 0.25) is 0 Å². The predicted octanol–water partition coefficient (Wildman–Crippen LogP) is 2.73. The van der Waals surface area contributed by atoms with Crippen molar-refractivity contribution in [3.8, 4) is 0 Å². The minimum absolute atomic E-state index is 0.194. The smallest absolute Gasteiger partial charge is 0.400 e. The minimum Gasteiger partial charge on any atom is -0.400 e. The van der Waals surface area contributed by atoms with Crippen molar-refractivity contribution >= 4 is 7.12 Å². The maximum atomic E-state index is 10.1. The van der Waals surface area contributed by atoms with Crippen LogP contribution in [0.25, 0.3) is 0 Å². The molecule has 0 aromatic heterocycles. The van der Waals surface area contributed by atoms with Gasteiger partial charge >= 0.3 is 7.12 Å². The number of aliphatic hydroxyl groups is 1. The quantitative estimate of drug-likeness (QED) is 0.740. The molecule has 3 rings (SSSR count). The molecule has 1 heterocycles. The van der Waals surface area contributed by atoms with E-state index < -0.39 is 5.60 Å². The first-order valence-corrected chi connectivity index (χ1v) is 7.38. The van der Waals surface area contributed by atoms with Gasteiger partial charge in [0.1, 0.15) is 0 Å². The van der Waals surface area contributed by atoms with E-state index in [-0.39, 0.29) is 18.3 Å². The standard InChI is InChI=1S/C15H25BO3/c1-13(2)14(3,4)19-16(18-13)12-6-10-8-15(5,17)9-11(10)7-12/h6,10-11,17H,7-9H2,1-5H3. The molecule has 3 atom stereocenters. The topological polar surface area (TPSA) is 38.7 Å². The second-order valence-corrected chi connectivity index (χ2v) is 7.86. The van der Waals surface area contributed by atoms with E-state index in [4.69, 9.17) is 9.31 Å². The van der Waals surface area contributed by atoms with Crippen molar-refractivity contribution in [3.63, 3.8) is 0 Å². The third kappa shape index (κ3) is 2.18. The Bertz CT molecular complexity index is 409. The Balaban J connectivity index is 1.74. The number of hydrogen-bond acceptors (Lipinski definition) is 3. The van der Waals surface area contributed by atoms with E-state index in [0.29, 0.717) is 11.8 Å². The summed E-state index contributed by atoms with van der Waals surface area (Å²) < 4.78 is 12.2. The van der Waals surface area contributed by atoms with Gasteiger partial charge in [0.2, 0.25) is 0 Å². The largest absolute Gasteiger partial charge is 0.490 e.